The van der Waals surface area contributed by atoms with Crippen molar-refractivity contribution < 1.29 is 14.0 Å². The lowest BCUT2D eigenvalue weighted by molar-refractivity contribution is -0.135. The highest BCUT2D eigenvalue weighted by molar-refractivity contribution is 6.71. The third-order valence-corrected chi connectivity index (χ3v) is 5.16. The van der Waals surface area contributed by atoms with Gasteiger partial charge in [-0.15, -0.1) is 0 Å². The number of ketones is 1. The number of hydrogen-bond acceptors (Lipinski definition) is 3. The molecule has 0 saturated heterocycles. The van der Waals surface area contributed by atoms with Crippen LogP contribution in [0.2, 0.25) is 19.6 Å². The number of unbranched alkanes of at least 4 members (excludes halogenated alkanes) is 10. The molecule has 0 radical (unpaired) electrons. The Labute approximate surface area is 157 Å². The summed E-state index contributed by atoms with van der Waals surface area (Å²) in [5.74, 6) is 0.420. The summed E-state index contributed by atoms with van der Waals surface area (Å²) < 4.78 is 5.43. The molecule has 0 rings (SSSR count). The van der Waals surface area contributed by atoms with Gasteiger partial charge in [0, 0.05) is 19.3 Å². The molecule has 4 heteroatoms. The zero-order valence-electron chi connectivity index (χ0n) is 17.3. The minimum Gasteiger partial charge on any atom is -0.520 e. The molecule has 0 spiro atoms. The molecule has 0 aliphatic heterocycles. The maximum Gasteiger partial charge on any atom is 0.292 e. The van der Waals surface area contributed by atoms with Crippen molar-refractivity contribution in [1.82, 2.24) is 0 Å². The van der Waals surface area contributed by atoms with Crippen LogP contribution in [0.4, 0.5) is 0 Å². The van der Waals surface area contributed by atoms with Crippen LogP contribution in [0.15, 0.2) is 0 Å². The van der Waals surface area contributed by atoms with Crippen LogP contribution >= 0.6 is 0 Å². The molecule has 0 atom stereocenters. The molecule has 25 heavy (non-hydrogen) atoms. The maximum absolute atomic E-state index is 11.8. The molecule has 0 aliphatic rings. The summed E-state index contributed by atoms with van der Waals surface area (Å²) in [6, 6.07) is 0. The SMILES string of the molecule is CCCCCCCCC(=O)CCCCCCCCC(=O)O[Si](C)(C)C. The van der Waals surface area contributed by atoms with Crippen LogP contribution in [0, 0.1) is 0 Å². The number of hydrogen-bond donors (Lipinski definition) is 0. The highest BCUT2D eigenvalue weighted by atomic mass is 28.4. The van der Waals surface area contributed by atoms with Crippen molar-refractivity contribution >= 4 is 20.1 Å². The summed E-state index contributed by atoms with van der Waals surface area (Å²) >= 11 is 0. The van der Waals surface area contributed by atoms with E-state index in [-0.39, 0.29) is 5.97 Å². The van der Waals surface area contributed by atoms with E-state index in [4.69, 9.17) is 4.43 Å². The fraction of sp³-hybridized carbons (Fsp3) is 0.905. The molecule has 0 aromatic carbocycles. The summed E-state index contributed by atoms with van der Waals surface area (Å²) in [5.41, 5.74) is 0. The van der Waals surface area contributed by atoms with Gasteiger partial charge in [0.1, 0.15) is 5.78 Å². The number of Topliss-reactive ketones (excluding diaryl/α,β-unsaturated/α-hetero) is 1. The minimum absolute atomic E-state index is 0.0283. The van der Waals surface area contributed by atoms with Gasteiger partial charge in [0.05, 0.1) is 0 Å². The Morgan fingerprint density at radius 1 is 0.640 bits per heavy atom. The summed E-state index contributed by atoms with van der Waals surface area (Å²) in [6.45, 7) is 8.35. The van der Waals surface area contributed by atoms with Crippen LogP contribution in [0.5, 0.6) is 0 Å². The second-order valence-corrected chi connectivity index (χ2v) is 12.7. The van der Waals surface area contributed by atoms with Crippen LogP contribution in [-0.2, 0) is 14.0 Å². The van der Waals surface area contributed by atoms with Crippen molar-refractivity contribution in [2.45, 2.75) is 123 Å². The fourth-order valence-corrected chi connectivity index (χ4v) is 3.70. The average molecular weight is 371 g/mol. The van der Waals surface area contributed by atoms with Crippen molar-refractivity contribution in [3.63, 3.8) is 0 Å². The highest BCUT2D eigenvalue weighted by Crippen LogP contribution is 2.13. The van der Waals surface area contributed by atoms with E-state index in [1.165, 1.54) is 38.5 Å². The quantitative estimate of drug-likeness (QED) is 0.209. The first kappa shape index (κ1) is 24.4. The smallest absolute Gasteiger partial charge is 0.292 e. The van der Waals surface area contributed by atoms with E-state index in [1.807, 2.05) is 19.6 Å². The van der Waals surface area contributed by atoms with Gasteiger partial charge in [0.25, 0.3) is 5.97 Å². The zero-order valence-corrected chi connectivity index (χ0v) is 18.3. The second kappa shape index (κ2) is 15.6. The summed E-state index contributed by atoms with van der Waals surface area (Å²) in [5, 5.41) is 0. The Morgan fingerprint density at radius 2 is 1.04 bits per heavy atom. The van der Waals surface area contributed by atoms with E-state index >= 15 is 0 Å². The van der Waals surface area contributed by atoms with Crippen LogP contribution in [0.25, 0.3) is 0 Å². The van der Waals surface area contributed by atoms with Gasteiger partial charge in [0.2, 0.25) is 8.32 Å². The minimum atomic E-state index is -1.72. The highest BCUT2D eigenvalue weighted by Gasteiger charge is 2.19. The molecule has 0 heterocycles. The van der Waals surface area contributed by atoms with Crippen molar-refractivity contribution in [3.8, 4) is 0 Å². The van der Waals surface area contributed by atoms with E-state index in [9.17, 15) is 9.59 Å². The van der Waals surface area contributed by atoms with E-state index in [2.05, 4.69) is 6.92 Å². The largest absolute Gasteiger partial charge is 0.520 e. The molecule has 0 aliphatic carbocycles. The Morgan fingerprint density at radius 3 is 1.48 bits per heavy atom. The van der Waals surface area contributed by atoms with Gasteiger partial charge in [-0.05, 0) is 38.9 Å². The lowest BCUT2D eigenvalue weighted by Gasteiger charge is -2.17. The molecule has 0 bridgehead atoms. The van der Waals surface area contributed by atoms with Gasteiger partial charge in [-0.1, -0.05) is 64.7 Å². The molecule has 0 N–H and O–H groups in total. The van der Waals surface area contributed by atoms with Crippen molar-refractivity contribution in [3.05, 3.63) is 0 Å². The Balaban J connectivity index is 3.32. The Bertz CT molecular complexity index is 348. The van der Waals surface area contributed by atoms with Gasteiger partial charge in [-0.25, -0.2) is 0 Å². The van der Waals surface area contributed by atoms with Gasteiger partial charge >= 0.3 is 0 Å². The first-order valence-electron chi connectivity index (χ1n) is 10.6. The monoisotopic (exact) mass is 370 g/mol. The summed E-state index contributed by atoms with van der Waals surface area (Å²) in [7, 11) is -1.72. The molecule has 0 unspecified atom stereocenters. The van der Waals surface area contributed by atoms with Crippen molar-refractivity contribution in [2.75, 3.05) is 0 Å². The topological polar surface area (TPSA) is 43.4 Å². The van der Waals surface area contributed by atoms with Crippen LogP contribution in [-0.4, -0.2) is 20.1 Å². The first-order valence-corrected chi connectivity index (χ1v) is 14.0. The molecule has 0 saturated carbocycles. The van der Waals surface area contributed by atoms with Gasteiger partial charge < -0.3 is 4.43 Å². The van der Waals surface area contributed by atoms with Crippen molar-refractivity contribution in [2.24, 2.45) is 0 Å². The molecule has 148 valence electrons. The Hall–Kier alpha value is -0.643. The number of carbonyl (C=O) groups is 2. The third kappa shape index (κ3) is 19.5. The molecular formula is C21H42O3Si. The lowest BCUT2D eigenvalue weighted by atomic mass is 10.0. The molecule has 0 fully saturated rings. The number of carbonyl (C=O) groups excluding carboxylic acids is 2. The molecular weight excluding hydrogens is 328 g/mol. The van der Waals surface area contributed by atoms with Gasteiger partial charge in [-0.2, -0.15) is 0 Å². The standard InChI is InChI=1S/C21H42O3Si/c1-5-6-7-8-11-14-17-20(22)18-15-12-9-10-13-16-19-21(23)24-25(2,3)4/h5-19H2,1-4H3. The fourth-order valence-electron chi connectivity index (χ4n) is 2.92. The van der Waals surface area contributed by atoms with Crippen LogP contribution in [0.1, 0.15) is 103 Å². The summed E-state index contributed by atoms with van der Waals surface area (Å²) in [4.78, 5) is 23.4. The Kier molecular flexibility index (Phi) is 15.2. The molecule has 0 aromatic rings. The van der Waals surface area contributed by atoms with Crippen LogP contribution < -0.4 is 0 Å². The van der Waals surface area contributed by atoms with E-state index in [0.29, 0.717) is 12.2 Å². The van der Waals surface area contributed by atoms with E-state index < -0.39 is 8.32 Å². The normalized spacial score (nSPS) is 11.5. The molecule has 0 amide bonds. The predicted octanol–water partition coefficient (Wildman–Crippen LogP) is 6.81. The lowest BCUT2D eigenvalue weighted by Crippen LogP contribution is -2.28. The van der Waals surface area contributed by atoms with Crippen LogP contribution in [0.3, 0.4) is 0 Å². The first-order chi connectivity index (χ1) is 11.8. The maximum atomic E-state index is 11.8. The third-order valence-electron chi connectivity index (χ3n) is 4.32. The van der Waals surface area contributed by atoms with Gasteiger partial charge in [0.15, 0.2) is 0 Å². The number of rotatable bonds is 17. The van der Waals surface area contributed by atoms with E-state index in [1.54, 1.807) is 0 Å². The van der Waals surface area contributed by atoms with E-state index in [0.717, 1.165) is 51.4 Å². The molecule has 0 aromatic heterocycles. The predicted molar refractivity (Wildman–Crippen MR) is 109 cm³/mol. The molecule has 3 nitrogen and oxygen atoms in total. The summed E-state index contributed by atoms with van der Waals surface area (Å²) in [6.07, 6.45) is 16.1. The van der Waals surface area contributed by atoms with Crippen molar-refractivity contribution in [1.29, 1.82) is 0 Å². The zero-order chi connectivity index (χ0) is 19.0. The average Bonchev–Trinajstić information content (AvgIpc) is 2.51. The second-order valence-electron chi connectivity index (χ2n) is 8.26. The van der Waals surface area contributed by atoms with Gasteiger partial charge in [-0.3, -0.25) is 9.59 Å².